The summed E-state index contributed by atoms with van der Waals surface area (Å²) < 4.78 is 5.64. The molecule has 0 fully saturated rings. The maximum Gasteiger partial charge on any atom is 0.147 e. The summed E-state index contributed by atoms with van der Waals surface area (Å²) in [5.74, 6) is 3.42. The van der Waals surface area contributed by atoms with Gasteiger partial charge in [-0.05, 0) is 42.8 Å². The minimum Gasteiger partial charge on any atom is -0.456 e. The number of halogens is 2. The average Bonchev–Trinajstić information content (AvgIpc) is 2.42. The fourth-order valence-corrected chi connectivity index (χ4v) is 2.06. The summed E-state index contributed by atoms with van der Waals surface area (Å²) in [6, 6.07) is 11.8. The molecule has 2 aromatic carbocycles. The zero-order valence-corrected chi connectivity index (χ0v) is 12.2. The predicted molar refractivity (Wildman–Crippen MR) is 81.4 cm³/mol. The van der Waals surface area contributed by atoms with Crippen molar-refractivity contribution < 1.29 is 9.84 Å². The largest absolute Gasteiger partial charge is 0.456 e. The molecule has 0 aliphatic heterocycles. The van der Waals surface area contributed by atoms with Crippen LogP contribution in [0.2, 0.25) is 10.0 Å². The van der Waals surface area contributed by atoms with Crippen molar-refractivity contribution in [1.82, 2.24) is 0 Å². The van der Waals surface area contributed by atoms with Crippen LogP contribution in [-0.4, -0.2) is 5.11 Å². The van der Waals surface area contributed by atoms with Gasteiger partial charge in [-0.3, -0.25) is 0 Å². The summed E-state index contributed by atoms with van der Waals surface area (Å²) in [5, 5.41) is 10.9. The summed E-state index contributed by atoms with van der Waals surface area (Å²) in [6.07, 6.45) is 5.27. The van der Waals surface area contributed by atoms with Gasteiger partial charge in [0.1, 0.15) is 17.1 Å². The van der Waals surface area contributed by atoms with Gasteiger partial charge in [-0.2, -0.15) is 0 Å². The number of ether oxygens (including phenoxy) is 1. The van der Waals surface area contributed by atoms with E-state index in [0.717, 1.165) is 0 Å². The van der Waals surface area contributed by atoms with Crippen LogP contribution in [0.4, 0.5) is 0 Å². The lowest BCUT2D eigenvalue weighted by molar-refractivity contribution is 0.122. The molecule has 0 heterocycles. The molecular weight excluding hydrogens is 295 g/mol. The van der Waals surface area contributed by atoms with Crippen LogP contribution in [0.15, 0.2) is 42.5 Å². The Kier molecular flexibility index (Phi) is 4.25. The lowest BCUT2D eigenvalue weighted by Crippen LogP contribution is -2.17. The standard InChI is InChI=1S/C16H12Cl2O2/c1-3-16(2,19)11-4-7-13(8-5-11)20-15-9-6-12(17)10-14(15)18/h1,4-10,19H,2H3. The summed E-state index contributed by atoms with van der Waals surface area (Å²) in [7, 11) is 0. The maximum atomic E-state index is 9.94. The molecule has 1 N–H and O–H groups in total. The van der Waals surface area contributed by atoms with Crippen molar-refractivity contribution in [3.63, 3.8) is 0 Å². The lowest BCUT2D eigenvalue weighted by atomic mass is 9.97. The van der Waals surface area contributed by atoms with E-state index in [9.17, 15) is 5.11 Å². The molecule has 20 heavy (non-hydrogen) atoms. The fraction of sp³-hybridized carbons (Fsp3) is 0.125. The fourth-order valence-electron chi connectivity index (χ4n) is 1.62. The third-order valence-corrected chi connectivity index (χ3v) is 3.35. The Morgan fingerprint density at radius 3 is 2.35 bits per heavy atom. The molecule has 0 aromatic heterocycles. The smallest absolute Gasteiger partial charge is 0.147 e. The molecule has 4 heteroatoms. The molecule has 1 unspecified atom stereocenters. The first-order valence-corrected chi connectivity index (χ1v) is 6.61. The Hall–Kier alpha value is -1.66. The first kappa shape index (κ1) is 14.7. The molecule has 0 spiro atoms. The van der Waals surface area contributed by atoms with Gasteiger partial charge >= 0.3 is 0 Å². The molecule has 0 bridgehead atoms. The highest BCUT2D eigenvalue weighted by atomic mass is 35.5. The van der Waals surface area contributed by atoms with Gasteiger partial charge in [-0.15, -0.1) is 6.42 Å². The van der Waals surface area contributed by atoms with Gasteiger partial charge in [0.15, 0.2) is 0 Å². The number of benzene rings is 2. The summed E-state index contributed by atoms with van der Waals surface area (Å²) in [6.45, 7) is 1.55. The van der Waals surface area contributed by atoms with E-state index in [2.05, 4.69) is 5.92 Å². The molecule has 2 rings (SSSR count). The lowest BCUT2D eigenvalue weighted by Gasteiger charge is -2.17. The summed E-state index contributed by atoms with van der Waals surface area (Å²) >= 11 is 11.9. The second-order valence-corrected chi connectivity index (χ2v) is 5.26. The average molecular weight is 307 g/mol. The van der Waals surface area contributed by atoms with Gasteiger partial charge in [-0.25, -0.2) is 0 Å². The van der Waals surface area contributed by atoms with Crippen LogP contribution in [0, 0.1) is 12.3 Å². The molecule has 0 aliphatic carbocycles. The topological polar surface area (TPSA) is 29.5 Å². The monoisotopic (exact) mass is 306 g/mol. The van der Waals surface area contributed by atoms with Crippen molar-refractivity contribution in [3.05, 3.63) is 58.1 Å². The molecule has 102 valence electrons. The second-order valence-electron chi connectivity index (χ2n) is 4.42. The molecule has 2 aromatic rings. The van der Waals surface area contributed by atoms with Crippen molar-refractivity contribution in [3.8, 4) is 23.8 Å². The summed E-state index contributed by atoms with van der Waals surface area (Å²) in [5.41, 5.74) is -0.675. The Bertz CT molecular complexity index is 655. The van der Waals surface area contributed by atoms with Gasteiger partial charge in [0.05, 0.1) is 5.02 Å². The Balaban J connectivity index is 2.21. The van der Waals surface area contributed by atoms with Gasteiger partial charge in [-0.1, -0.05) is 41.3 Å². The van der Waals surface area contributed by atoms with Crippen molar-refractivity contribution in [2.24, 2.45) is 0 Å². The zero-order valence-electron chi connectivity index (χ0n) is 10.7. The molecule has 0 radical (unpaired) electrons. The van der Waals surface area contributed by atoms with Crippen LogP contribution in [0.3, 0.4) is 0 Å². The van der Waals surface area contributed by atoms with Crippen LogP contribution >= 0.6 is 23.2 Å². The SMILES string of the molecule is C#CC(C)(O)c1ccc(Oc2ccc(Cl)cc2Cl)cc1. The van der Waals surface area contributed by atoms with Crippen LogP contribution in [0.25, 0.3) is 0 Å². The minimum atomic E-state index is -1.30. The number of terminal acetylenes is 1. The summed E-state index contributed by atoms with van der Waals surface area (Å²) in [4.78, 5) is 0. The highest BCUT2D eigenvalue weighted by Crippen LogP contribution is 2.32. The number of hydrogen-bond donors (Lipinski definition) is 1. The Morgan fingerprint density at radius 1 is 1.15 bits per heavy atom. The minimum absolute atomic E-state index is 0.428. The van der Waals surface area contributed by atoms with E-state index in [-0.39, 0.29) is 0 Å². The zero-order chi connectivity index (χ0) is 14.8. The number of rotatable bonds is 3. The van der Waals surface area contributed by atoms with E-state index >= 15 is 0 Å². The molecular formula is C16H12Cl2O2. The van der Waals surface area contributed by atoms with Crippen molar-refractivity contribution in [1.29, 1.82) is 0 Å². The number of hydrogen-bond acceptors (Lipinski definition) is 2. The van der Waals surface area contributed by atoms with Crippen molar-refractivity contribution in [2.75, 3.05) is 0 Å². The van der Waals surface area contributed by atoms with E-state index in [0.29, 0.717) is 27.1 Å². The van der Waals surface area contributed by atoms with Gasteiger partial charge in [0.2, 0.25) is 0 Å². The van der Waals surface area contributed by atoms with E-state index in [1.54, 1.807) is 49.4 Å². The molecule has 1 atom stereocenters. The van der Waals surface area contributed by atoms with E-state index in [1.807, 2.05) is 0 Å². The van der Waals surface area contributed by atoms with Gasteiger partial charge in [0, 0.05) is 5.02 Å². The normalized spacial score (nSPS) is 13.3. The highest BCUT2D eigenvalue weighted by molar-refractivity contribution is 6.35. The molecule has 0 aliphatic rings. The first-order chi connectivity index (χ1) is 9.42. The number of aliphatic hydroxyl groups is 1. The van der Waals surface area contributed by atoms with E-state index in [1.165, 1.54) is 0 Å². The second kappa shape index (κ2) is 5.76. The van der Waals surface area contributed by atoms with Crippen LogP contribution < -0.4 is 4.74 Å². The third-order valence-electron chi connectivity index (χ3n) is 2.82. The third kappa shape index (κ3) is 3.26. The van der Waals surface area contributed by atoms with E-state index in [4.69, 9.17) is 34.4 Å². The van der Waals surface area contributed by atoms with Gasteiger partial charge in [0.25, 0.3) is 0 Å². The van der Waals surface area contributed by atoms with Gasteiger partial charge < -0.3 is 9.84 Å². The molecule has 0 amide bonds. The van der Waals surface area contributed by atoms with Crippen molar-refractivity contribution >= 4 is 23.2 Å². The van der Waals surface area contributed by atoms with Crippen LogP contribution in [-0.2, 0) is 5.60 Å². The molecule has 0 saturated carbocycles. The maximum absolute atomic E-state index is 9.94. The van der Waals surface area contributed by atoms with Crippen molar-refractivity contribution in [2.45, 2.75) is 12.5 Å². The Morgan fingerprint density at radius 2 is 1.80 bits per heavy atom. The quantitative estimate of drug-likeness (QED) is 0.838. The molecule has 0 saturated heterocycles. The van der Waals surface area contributed by atoms with Crippen LogP contribution in [0.1, 0.15) is 12.5 Å². The van der Waals surface area contributed by atoms with Crippen LogP contribution in [0.5, 0.6) is 11.5 Å². The first-order valence-electron chi connectivity index (χ1n) is 5.86. The highest BCUT2D eigenvalue weighted by Gasteiger charge is 2.19. The van der Waals surface area contributed by atoms with E-state index < -0.39 is 5.60 Å². The molecule has 2 nitrogen and oxygen atoms in total. The Labute approximate surface area is 127 Å². The predicted octanol–water partition coefficient (Wildman–Crippen LogP) is 4.63.